The number of alkyl halides is 2. The SMILES string of the molecule is C[C@@H]1CN(CCNC(=O)c2sccc2OC(F)F)C[C@H](C)O1. The Morgan fingerprint density at radius 3 is 2.82 bits per heavy atom. The van der Waals surface area contributed by atoms with Gasteiger partial charge in [-0.15, -0.1) is 11.3 Å². The summed E-state index contributed by atoms with van der Waals surface area (Å²) in [6.45, 7) is 3.88. The van der Waals surface area contributed by atoms with Crippen molar-refractivity contribution in [1.29, 1.82) is 0 Å². The van der Waals surface area contributed by atoms with E-state index in [1.165, 1.54) is 6.07 Å². The summed E-state index contributed by atoms with van der Waals surface area (Å²) in [5.74, 6) is -0.467. The van der Waals surface area contributed by atoms with Gasteiger partial charge in [0.1, 0.15) is 10.6 Å². The van der Waals surface area contributed by atoms with E-state index in [0.717, 1.165) is 24.4 Å². The fourth-order valence-corrected chi connectivity index (χ4v) is 3.27. The lowest BCUT2D eigenvalue weighted by atomic mass is 10.2. The van der Waals surface area contributed by atoms with Crippen LogP contribution in [0.4, 0.5) is 8.78 Å². The summed E-state index contributed by atoms with van der Waals surface area (Å²) in [5, 5.41) is 4.29. The molecule has 1 aromatic rings. The minimum atomic E-state index is -2.93. The molecular formula is C14H20F2N2O3S. The summed E-state index contributed by atoms with van der Waals surface area (Å²) in [4.78, 5) is 14.4. The average molecular weight is 334 g/mol. The Labute approximate surface area is 132 Å². The number of hydrogen-bond donors (Lipinski definition) is 1. The number of carbonyl (C=O) groups excluding carboxylic acids is 1. The molecule has 1 aromatic heterocycles. The normalized spacial score (nSPS) is 22.8. The first-order valence-corrected chi connectivity index (χ1v) is 8.02. The topological polar surface area (TPSA) is 50.8 Å². The Bertz CT molecular complexity index is 488. The number of amides is 1. The van der Waals surface area contributed by atoms with Crippen molar-refractivity contribution < 1.29 is 23.0 Å². The number of nitrogens with zero attached hydrogens (tertiary/aromatic N) is 1. The minimum Gasteiger partial charge on any atom is -0.433 e. The number of hydrogen-bond acceptors (Lipinski definition) is 5. The number of thiophene rings is 1. The third kappa shape index (κ3) is 4.89. The van der Waals surface area contributed by atoms with Crippen molar-refractivity contribution >= 4 is 17.2 Å². The highest BCUT2D eigenvalue weighted by molar-refractivity contribution is 7.12. The molecule has 22 heavy (non-hydrogen) atoms. The molecule has 1 aliphatic rings. The second kappa shape index (κ2) is 7.85. The molecule has 124 valence electrons. The van der Waals surface area contributed by atoms with Gasteiger partial charge in [0.15, 0.2) is 0 Å². The first-order chi connectivity index (χ1) is 10.5. The van der Waals surface area contributed by atoms with Crippen molar-refractivity contribution in [2.45, 2.75) is 32.7 Å². The lowest BCUT2D eigenvalue weighted by Gasteiger charge is -2.35. The van der Waals surface area contributed by atoms with Crippen molar-refractivity contribution in [1.82, 2.24) is 10.2 Å². The van der Waals surface area contributed by atoms with Crippen LogP contribution in [0.1, 0.15) is 23.5 Å². The zero-order valence-electron chi connectivity index (χ0n) is 12.6. The largest absolute Gasteiger partial charge is 0.433 e. The van der Waals surface area contributed by atoms with E-state index in [2.05, 4.69) is 15.0 Å². The van der Waals surface area contributed by atoms with E-state index in [1.54, 1.807) is 5.38 Å². The molecule has 5 nitrogen and oxygen atoms in total. The first-order valence-electron chi connectivity index (χ1n) is 7.14. The van der Waals surface area contributed by atoms with Gasteiger partial charge in [-0.2, -0.15) is 8.78 Å². The van der Waals surface area contributed by atoms with Gasteiger partial charge < -0.3 is 14.8 Å². The summed E-state index contributed by atoms with van der Waals surface area (Å²) in [7, 11) is 0. The zero-order valence-corrected chi connectivity index (χ0v) is 13.4. The van der Waals surface area contributed by atoms with Crippen molar-refractivity contribution in [2.75, 3.05) is 26.2 Å². The number of ether oxygens (including phenoxy) is 2. The van der Waals surface area contributed by atoms with Crippen molar-refractivity contribution in [3.8, 4) is 5.75 Å². The molecule has 8 heteroatoms. The summed E-state index contributed by atoms with van der Waals surface area (Å²) >= 11 is 1.08. The molecule has 1 fully saturated rings. The maximum absolute atomic E-state index is 12.2. The summed E-state index contributed by atoms with van der Waals surface area (Å²) in [5.41, 5.74) is 0. The Balaban J connectivity index is 1.79. The summed E-state index contributed by atoms with van der Waals surface area (Å²) in [6.07, 6.45) is 0.339. The second-order valence-electron chi connectivity index (χ2n) is 5.27. The van der Waals surface area contributed by atoms with Crippen LogP contribution in [0.25, 0.3) is 0 Å². The number of rotatable bonds is 6. The molecule has 0 spiro atoms. The van der Waals surface area contributed by atoms with E-state index in [1.807, 2.05) is 13.8 Å². The predicted molar refractivity (Wildman–Crippen MR) is 79.7 cm³/mol. The molecular weight excluding hydrogens is 314 g/mol. The highest BCUT2D eigenvalue weighted by Crippen LogP contribution is 2.26. The van der Waals surface area contributed by atoms with Gasteiger partial charge in [-0.25, -0.2) is 0 Å². The third-order valence-electron chi connectivity index (χ3n) is 3.26. The highest BCUT2D eigenvalue weighted by Gasteiger charge is 2.22. The Hall–Kier alpha value is -1.25. The molecule has 1 aliphatic heterocycles. The fourth-order valence-electron chi connectivity index (χ4n) is 2.53. The van der Waals surface area contributed by atoms with Crippen molar-refractivity contribution in [3.05, 3.63) is 16.3 Å². The smallest absolute Gasteiger partial charge is 0.387 e. The number of morpholine rings is 1. The summed E-state index contributed by atoms with van der Waals surface area (Å²) in [6, 6.07) is 1.37. The van der Waals surface area contributed by atoms with E-state index in [9.17, 15) is 13.6 Å². The average Bonchev–Trinajstić information content (AvgIpc) is 2.84. The Kier molecular flexibility index (Phi) is 6.10. The van der Waals surface area contributed by atoms with Gasteiger partial charge in [0, 0.05) is 26.2 Å². The van der Waals surface area contributed by atoms with Gasteiger partial charge in [-0.1, -0.05) is 0 Å². The monoisotopic (exact) mass is 334 g/mol. The summed E-state index contributed by atoms with van der Waals surface area (Å²) < 4.78 is 34.4. The maximum atomic E-state index is 12.2. The fraction of sp³-hybridized carbons (Fsp3) is 0.643. The standard InChI is InChI=1S/C14H20F2N2O3S/c1-9-7-18(8-10(2)20-9)5-4-17-13(19)12-11(3-6-22-12)21-14(15)16/h3,6,9-10,14H,4-5,7-8H2,1-2H3,(H,17,19)/t9-,10+. The van der Waals surface area contributed by atoms with Crippen LogP contribution in [0.15, 0.2) is 11.4 Å². The number of nitrogens with one attached hydrogen (secondary N) is 1. The lowest BCUT2D eigenvalue weighted by molar-refractivity contribution is -0.0672. The third-order valence-corrected chi connectivity index (χ3v) is 4.15. The van der Waals surface area contributed by atoms with Crippen LogP contribution < -0.4 is 10.1 Å². The van der Waals surface area contributed by atoms with Crippen molar-refractivity contribution in [2.24, 2.45) is 0 Å². The maximum Gasteiger partial charge on any atom is 0.387 e. The van der Waals surface area contributed by atoms with E-state index in [4.69, 9.17) is 4.74 Å². The van der Waals surface area contributed by atoms with Crippen LogP contribution in [-0.2, 0) is 4.74 Å². The van der Waals surface area contributed by atoms with Gasteiger partial charge in [0.25, 0.3) is 5.91 Å². The van der Waals surface area contributed by atoms with Gasteiger partial charge >= 0.3 is 6.61 Å². The predicted octanol–water partition coefficient (Wildman–Crippen LogP) is 2.19. The van der Waals surface area contributed by atoms with Crippen LogP contribution >= 0.6 is 11.3 Å². The minimum absolute atomic E-state index is 0.0777. The first kappa shape index (κ1) is 17.1. The van der Waals surface area contributed by atoms with Crippen LogP contribution in [-0.4, -0.2) is 55.8 Å². The molecule has 0 saturated carbocycles. The van der Waals surface area contributed by atoms with E-state index in [-0.39, 0.29) is 28.7 Å². The van der Waals surface area contributed by atoms with E-state index in [0.29, 0.717) is 13.1 Å². The molecule has 0 bridgehead atoms. The van der Waals surface area contributed by atoms with Gasteiger partial charge in [-0.3, -0.25) is 9.69 Å². The molecule has 1 amide bonds. The molecule has 1 N–H and O–H groups in total. The molecule has 2 heterocycles. The molecule has 1 saturated heterocycles. The zero-order chi connectivity index (χ0) is 16.1. The number of carbonyl (C=O) groups is 1. The quantitative estimate of drug-likeness (QED) is 0.866. The van der Waals surface area contributed by atoms with Crippen molar-refractivity contribution in [3.63, 3.8) is 0 Å². The van der Waals surface area contributed by atoms with Crippen LogP contribution in [0.3, 0.4) is 0 Å². The molecule has 0 radical (unpaired) electrons. The van der Waals surface area contributed by atoms with Gasteiger partial charge in [-0.05, 0) is 25.3 Å². The molecule has 0 aromatic carbocycles. The Morgan fingerprint density at radius 2 is 2.18 bits per heavy atom. The Morgan fingerprint density at radius 1 is 1.50 bits per heavy atom. The van der Waals surface area contributed by atoms with Crippen LogP contribution in [0.5, 0.6) is 5.75 Å². The highest BCUT2D eigenvalue weighted by atomic mass is 32.1. The lowest BCUT2D eigenvalue weighted by Crippen LogP contribution is -2.47. The number of halogens is 2. The molecule has 0 aliphatic carbocycles. The molecule has 2 atom stereocenters. The van der Waals surface area contributed by atoms with E-state index < -0.39 is 6.61 Å². The molecule has 0 unspecified atom stereocenters. The van der Waals surface area contributed by atoms with E-state index >= 15 is 0 Å². The van der Waals surface area contributed by atoms with Crippen LogP contribution in [0, 0.1) is 0 Å². The van der Waals surface area contributed by atoms with Gasteiger partial charge in [0.05, 0.1) is 12.2 Å². The second-order valence-corrected chi connectivity index (χ2v) is 6.18. The van der Waals surface area contributed by atoms with Crippen LogP contribution in [0.2, 0.25) is 0 Å². The molecule has 2 rings (SSSR count). The van der Waals surface area contributed by atoms with Gasteiger partial charge in [0.2, 0.25) is 0 Å².